The summed E-state index contributed by atoms with van der Waals surface area (Å²) in [5.74, 6) is -1.35. The predicted molar refractivity (Wildman–Crippen MR) is 127 cm³/mol. The number of benzene rings is 2. The number of H-pyrrole nitrogens is 1. The van der Waals surface area contributed by atoms with Crippen LogP contribution in [0.2, 0.25) is 0 Å². The lowest BCUT2D eigenvalue weighted by Crippen LogP contribution is -2.49. The molecule has 4 rings (SSSR count). The standard InChI is InChI=1S/C25H23N3O4S/c29-23(32-16-17-7-2-1-3-8-17)15-27-24(30)21(28-25(31)22-11-6-12-33-22)13-18-14-26-20-10-5-4-9-19(18)20/h1-12,14,21,26H,13,15-16H2,(H,27,30)(H,28,31)/t21-/m0/s1. The van der Waals surface area contributed by atoms with Crippen LogP contribution in [0.3, 0.4) is 0 Å². The van der Waals surface area contributed by atoms with Gasteiger partial charge in [0.15, 0.2) is 0 Å². The van der Waals surface area contributed by atoms with Gasteiger partial charge in [-0.2, -0.15) is 0 Å². The topological polar surface area (TPSA) is 100 Å². The molecule has 2 amide bonds. The fourth-order valence-corrected chi connectivity index (χ4v) is 4.07. The average Bonchev–Trinajstić information content (AvgIpc) is 3.52. The maximum atomic E-state index is 12.9. The minimum atomic E-state index is -0.860. The number of carbonyl (C=O) groups is 3. The van der Waals surface area contributed by atoms with Crippen molar-refractivity contribution >= 4 is 40.0 Å². The summed E-state index contributed by atoms with van der Waals surface area (Å²) in [7, 11) is 0. The van der Waals surface area contributed by atoms with Gasteiger partial charge in [0.1, 0.15) is 19.2 Å². The molecule has 4 aromatic rings. The van der Waals surface area contributed by atoms with Crippen molar-refractivity contribution in [3.8, 4) is 0 Å². The lowest BCUT2D eigenvalue weighted by atomic mass is 10.0. The molecule has 2 heterocycles. The van der Waals surface area contributed by atoms with Crippen molar-refractivity contribution in [3.63, 3.8) is 0 Å². The molecular formula is C25H23N3O4S. The van der Waals surface area contributed by atoms with Crippen LogP contribution in [0.4, 0.5) is 0 Å². The quantitative estimate of drug-likeness (QED) is 0.333. The molecule has 8 heteroatoms. The molecule has 0 fully saturated rings. The van der Waals surface area contributed by atoms with E-state index in [9.17, 15) is 14.4 Å². The molecule has 0 bridgehead atoms. The third kappa shape index (κ3) is 5.87. The second kappa shape index (κ2) is 10.6. The van der Waals surface area contributed by atoms with Crippen LogP contribution in [0.5, 0.6) is 0 Å². The summed E-state index contributed by atoms with van der Waals surface area (Å²) in [6, 6.07) is 19.6. The van der Waals surface area contributed by atoms with Crippen LogP contribution < -0.4 is 10.6 Å². The minimum Gasteiger partial charge on any atom is -0.460 e. The maximum Gasteiger partial charge on any atom is 0.325 e. The zero-order valence-corrected chi connectivity index (χ0v) is 18.6. The number of amides is 2. The number of aromatic nitrogens is 1. The van der Waals surface area contributed by atoms with Gasteiger partial charge in [0.2, 0.25) is 5.91 Å². The van der Waals surface area contributed by atoms with Crippen LogP contribution in [-0.4, -0.2) is 35.4 Å². The van der Waals surface area contributed by atoms with Gasteiger partial charge in [-0.3, -0.25) is 14.4 Å². The number of para-hydroxylation sites is 1. The monoisotopic (exact) mass is 461 g/mol. The fourth-order valence-electron chi connectivity index (χ4n) is 3.44. The summed E-state index contributed by atoms with van der Waals surface area (Å²) in [5.41, 5.74) is 2.70. The highest BCUT2D eigenvalue weighted by Crippen LogP contribution is 2.19. The SMILES string of the molecule is O=C(CNC(=O)[C@H](Cc1c[nH]c2ccccc12)NC(=O)c1cccs1)OCc1ccccc1. The van der Waals surface area contributed by atoms with Gasteiger partial charge in [-0.05, 0) is 28.6 Å². The molecule has 0 aliphatic rings. The van der Waals surface area contributed by atoms with E-state index in [0.717, 1.165) is 22.0 Å². The number of aromatic amines is 1. The summed E-state index contributed by atoms with van der Waals surface area (Å²) < 4.78 is 5.22. The third-order valence-electron chi connectivity index (χ3n) is 5.12. The van der Waals surface area contributed by atoms with Crippen molar-refractivity contribution in [1.29, 1.82) is 0 Å². The van der Waals surface area contributed by atoms with E-state index in [1.807, 2.05) is 60.8 Å². The van der Waals surface area contributed by atoms with Crippen LogP contribution in [0.25, 0.3) is 10.9 Å². The number of hydrogen-bond acceptors (Lipinski definition) is 5. The van der Waals surface area contributed by atoms with E-state index < -0.39 is 17.9 Å². The molecule has 0 spiro atoms. The average molecular weight is 462 g/mol. The molecule has 0 saturated carbocycles. The Kier molecular flexibility index (Phi) is 7.16. The van der Waals surface area contributed by atoms with Crippen LogP contribution in [0.15, 0.2) is 78.3 Å². The molecule has 0 unspecified atom stereocenters. The smallest absolute Gasteiger partial charge is 0.325 e. The summed E-state index contributed by atoms with van der Waals surface area (Å²) in [4.78, 5) is 41.4. The van der Waals surface area contributed by atoms with E-state index in [2.05, 4.69) is 15.6 Å². The van der Waals surface area contributed by atoms with Crippen molar-refractivity contribution in [2.45, 2.75) is 19.1 Å². The van der Waals surface area contributed by atoms with E-state index >= 15 is 0 Å². The fraction of sp³-hybridized carbons (Fsp3) is 0.160. The zero-order valence-electron chi connectivity index (χ0n) is 17.7. The highest BCUT2D eigenvalue weighted by molar-refractivity contribution is 7.12. The lowest BCUT2D eigenvalue weighted by Gasteiger charge is -2.18. The highest BCUT2D eigenvalue weighted by atomic mass is 32.1. The number of fused-ring (bicyclic) bond motifs is 1. The Bertz CT molecular complexity index is 1240. The first kappa shape index (κ1) is 22.3. The molecule has 7 nitrogen and oxygen atoms in total. The zero-order chi connectivity index (χ0) is 23.0. The first-order chi connectivity index (χ1) is 16.1. The van der Waals surface area contributed by atoms with Gasteiger partial charge in [0.05, 0.1) is 4.88 Å². The summed E-state index contributed by atoms with van der Waals surface area (Å²) >= 11 is 1.29. The number of rotatable bonds is 9. The third-order valence-corrected chi connectivity index (χ3v) is 5.98. The van der Waals surface area contributed by atoms with Gasteiger partial charge < -0.3 is 20.4 Å². The van der Waals surface area contributed by atoms with Crippen molar-refractivity contribution in [2.24, 2.45) is 0 Å². The summed E-state index contributed by atoms with van der Waals surface area (Å²) in [6.07, 6.45) is 2.10. The van der Waals surface area contributed by atoms with Gasteiger partial charge in [-0.15, -0.1) is 11.3 Å². The van der Waals surface area contributed by atoms with Gasteiger partial charge >= 0.3 is 5.97 Å². The van der Waals surface area contributed by atoms with Crippen molar-refractivity contribution in [1.82, 2.24) is 15.6 Å². The Morgan fingerprint density at radius 1 is 0.970 bits per heavy atom. The number of esters is 1. The Morgan fingerprint density at radius 3 is 2.55 bits per heavy atom. The number of thiophene rings is 1. The van der Waals surface area contributed by atoms with E-state index in [0.29, 0.717) is 4.88 Å². The molecular weight excluding hydrogens is 438 g/mol. The number of nitrogens with one attached hydrogen (secondary N) is 3. The first-order valence-corrected chi connectivity index (χ1v) is 11.3. The van der Waals surface area contributed by atoms with E-state index in [4.69, 9.17) is 4.74 Å². The Hall–Kier alpha value is -3.91. The number of hydrogen-bond donors (Lipinski definition) is 3. The summed E-state index contributed by atoms with van der Waals surface area (Å²) in [6.45, 7) is -0.158. The first-order valence-electron chi connectivity index (χ1n) is 10.5. The second-order valence-electron chi connectivity index (χ2n) is 7.43. The normalized spacial score (nSPS) is 11.6. The Morgan fingerprint density at radius 2 is 1.76 bits per heavy atom. The number of carbonyl (C=O) groups excluding carboxylic acids is 3. The van der Waals surface area contributed by atoms with Crippen molar-refractivity contribution < 1.29 is 19.1 Å². The van der Waals surface area contributed by atoms with Gasteiger partial charge in [-0.1, -0.05) is 54.6 Å². The molecule has 0 aliphatic heterocycles. The predicted octanol–water partition coefficient (Wildman–Crippen LogP) is 3.43. The van der Waals surface area contributed by atoms with Crippen molar-refractivity contribution in [3.05, 3.63) is 94.3 Å². The van der Waals surface area contributed by atoms with Crippen LogP contribution >= 0.6 is 11.3 Å². The van der Waals surface area contributed by atoms with Crippen LogP contribution in [-0.2, 0) is 27.4 Å². The van der Waals surface area contributed by atoms with Gasteiger partial charge in [0.25, 0.3) is 5.91 Å². The molecule has 3 N–H and O–H groups in total. The maximum absolute atomic E-state index is 12.9. The lowest BCUT2D eigenvalue weighted by molar-refractivity contribution is -0.145. The molecule has 168 valence electrons. The van der Waals surface area contributed by atoms with E-state index in [1.165, 1.54) is 11.3 Å². The summed E-state index contributed by atoms with van der Waals surface area (Å²) in [5, 5.41) is 8.17. The molecule has 0 saturated heterocycles. The molecule has 1 atom stereocenters. The largest absolute Gasteiger partial charge is 0.460 e. The Balaban J connectivity index is 1.41. The van der Waals surface area contributed by atoms with Crippen LogP contribution in [0, 0.1) is 0 Å². The molecule has 33 heavy (non-hydrogen) atoms. The molecule has 0 radical (unpaired) electrons. The highest BCUT2D eigenvalue weighted by Gasteiger charge is 2.24. The molecule has 2 aromatic carbocycles. The van der Waals surface area contributed by atoms with Gasteiger partial charge in [0, 0.05) is 23.5 Å². The van der Waals surface area contributed by atoms with Gasteiger partial charge in [-0.25, -0.2) is 0 Å². The minimum absolute atomic E-state index is 0.128. The Labute approximate surface area is 194 Å². The van der Waals surface area contributed by atoms with Crippen LogP contribution in [0.1, 0.15) is 20.8 Å². The van der Waals surface area contributed by atoms with E-state index in [-0.39, 0.29) is 25.5 Å². The molecule has 0 aliphatic carbocycles. The van der Waals surface area contributed by atoms with E-state index in [1.54, 1.807) is 17.5 Å². The molecule has 2 aromatic heterocycles. The van der Waals surface area contributed by atoms with Crippen molar-refractivity contribution in [2.75, 3.05) is 6.54 Å². The second-order valence-corrected chi connectivity index (χ2v) is 8.38. The number of ether oxygens (including phenoxy) is 1.